The highest BCUT2D eigenvalue weighted by Gasteiger charge is 2.30. The Kier molecular flexibility index (Phi) is 8.83. The van der Waals surface area contributed by atoms with Gasteiger partial charge in [0.15, 0.2) is 0 Å². The number of hydrogen-bond donors (Lipinski definition) is 2. The van der Waals surface area contributed by atoms with E-state index in [-0.39, 0.29) is 11.7 Å². The molecule has 0 saturated heterocycles. The number of ether oxygens (including phenoxy) is 1. The normalized spacial score (nSPS) is 18.1. The molecule has 5 rings (SSSR count). The molecule has 1 atom stereocenters. The number of sulfonamides is 1. The van der Waals surface area contributed by atoms with Crippen molar-refractivity contribution in [2.45, 2.75) is 63.8 Å². The average molecular weight is 568 g/mol. The topological polar surface area (TPSA) is 115 Å². The SMILES string of the molecule is CN(CCCCS(N)(=O)=O)CCC1COc2ccccc2-c2c(C3CCCCC3)c3ccc(C(=O)O)cc3n2C1. The standard InChI is InChI=1S/C31H41N3O5S/c1-33(16-7-8-18-40(32,37)38)17-15-22-20-34-27-19-24(31(35)36)13-14-25(27)29(23-9-3-2-4-10-23)30(34)26-11-5-6-12-28(26)39-21-22/h5-6,11-14,19,22-23H,2-4,7-10,15-18,20-21H2,1H3,(H,35,36)(H2,32,37,38). The molecule has 0 spiro atoms. The second-order valence-electron chi connectivity index (χ2n) is 11.6. The molecule has 1 unspecified atom stereocenters. The largest absolute Gasteiger partial charge is 0.493 e. The van der Waals surface area contributed by atoms with E-state index in [1.54, 1.807) is 6.07 Å². The number of nitrogens with zero attached hydrogens (tertiary/aromatic N) is 2. The van der Waals surface area contributed by atoms with Crippen molar-refractivity contribution >= 4 is 26.9 Å². The number of fused-ring (bicyclic) bond motifs is 5. The molecule has 2 aromatic carbocycles. The summed E-state index contributed by atoms with van der Waals surface area (Å²) in [7, 11) is -1.36. The van der Waals surface area contributed by atoms with Crippen LogP contribution in [0.25, 0.3) is 22.2 Å². The minimum atomic E-state index is -3.42. The van der Waals surface area contributed by atoms with Crippen LogP contribution < -0.4 is 9.88 Å². The van der Waals surface area contributed by atoms with E-state index in [9.17, 15) is 18.3 Å². The summed E-state index contributed by atoms with van der Waals surface area (Å²) in [6.07, 6.45) is 8.24. The highest BCUT2D eigenvalue weighted by atomic mass is 32.2. The molecule has 0 amide bonds. The summed E-state index contributed by atoms with van der Waals surface area (Å²) in [5.74, 6) is 0.650. The van der Waals surface area contributed by atoms with Crippen LogP contribution >= 0.6 is 0 Å². The molecule has 8 nitrogen and oxygen atoms in total. The van der Waals surface area contributed by atoms with Crippen molar-refractivity contribution in [3.05, 3.63) is 53.6 Å². The van der Waals surface area contributed by atoms with Crippen LogP contribution in [-0.4, -0.2) is 61.5 Å². The predicted octanol–water partition coefficient (Wildman–Crippen LogP) is 5.45. The zero-order valence-corrected chi connectivity index (χ0v) is 24.2. The van der Waals surface area contributed by atoms with Crippen LogP contribution in [0.1, 0.15) is 73.2 Å². The Morgan fingerprint density at radius 3 is 2.62 bits per heavy atom. The van der Waals surface area contributed by atoms with E-state index in [1.165, 1.54) is 30.5 Å². The lowest BCUT2D eigenvalue weighted by atomic mass is 9.81. The molecule has 1 aliphatic heterocycles. The first-order valence-electron chi connectivity index (χ1n) is 14.5. The molecule has 1 aromatic heterocycles. The van der Waals surface area contributed by atoms with Crippen molar-refractivity contribution in [3.63, 3.8) is 0 Å². The summed E-state index contributed by atoms with van der Waals surface area (Å²) in [5, 5.41) is 16.1. The Labute approximate surface area is 237 Å². The number of carboxylic acid groups (broad SMARTS) is 1. The number of carbonyl (C=O) groups is 1. The fraction of sp³-hybridized carbons (Fsp3) is 0.516. The molecular weight excluding hydrogens is 526 g/mol. The van der Waals surface area contributed by atoms with E-state index in [0.29, 0.717) is 24.5 Å². The molecule has 0 radical (unpaired) electrons. The van der Waals surface area contributed by atoms with Crippen LogP contribution in [0.2, 0.25) is 0 Å². The lowest BCUT2D eigenvalue weighted by Gasteiger charge is -2.29. The monoisotopic (exact) mass is 567 g/mol. The first kappa shape index (κ1) is 28.6. The molecular formula is C31H41N3O5S. The smallest absolute Gasteiger partial charge is 0.335 e. The quantitative estimate of drug-likeness (QED) is 0.315. The fourth-order valence-corrected chi connectivity index (χ4v) is 7.08. The molecule has 216 valence electrons. The summed E-state index contributed by atoms with van der Waals surface area (Å²) >= 11 is 0. The Morgan fingerprint density at radius 2 is 1.88 bits per heavy atom. The van der Waals surface area contributed by atoms with Gasteiger partial charge in [-0.1, -0.05) is 37.5 Å². The molecule has 0 bridgehead atoms. The van der Waals surface area contributed by atoms with Crippen LogP contribution in [0.3, 0.4) is 0 Å². The van der Waals surface area contributed by atoms with Crippen molar-refractivity contribution in [2.75, 3.05) is 32.5 Å². The molecule has 9 heteroatoms. The maximum atomic E-state index is 12.0. The summed E-state index contributed by atoms with van der Waals surface area (Å²) in [6, 6.07) is 13.9. The average Bonchev–Trinajstić information content (AvgIpc) is 3.24. The second-order valence-corrected chi connectivity index (χ2v) is 13.3. The number of primary sulfonamides is 1. The predicted molar refractivity (Wildman–Crippen MR) is 158 cm³/mol. The van der Waals surface area contributed by atoms with Crippen LogP contribution in [0, 0.1) is 5.92 Å². The highest BCUT2D eigenvalue weighted by Crippen LogP contribution is 2.47. The van der Waals surface area contributed by atoms with Gasteiger partial charge in [0.2, 0.25) is 10.0 Å². The molecule has 2 heterocycles. The lowest BCUT2D eigenvalue weighted by Crippen LogP contribution is -2.28. The van der Waals surface area contributed by atoms with Crippen LogP contribution in [0.15, 0.2) is 42.5 Å². The van der Waals surface area contributed by atoms with Gasteiger partial charge in [-0.3, -0.25) is 0 Å². The molecule has 1 aliphatic carbocycles. The van der Waals surface area contributed by atoms with E-state index >= 15 is 0 Å². The van der Waals surface area contributed by atoms with Gasteiger partial charge in [-0.15, -0.1) is 0 Å². The number of aromatic nitrogens is 1. The first-order chi connectivity index (χ1) is 19.2. The molecule has 3 aromatic rings. The summed E-state index contributed by atoms with van der Waals surface area (Å²) in [6.45, 7) is 2.98. The van der Waals surface area contributed by atoms with E-state index in [0.717, 1.165) is 67.5 Å². The van der Waals surface area contributed by atoms with Gasteiger partial charge in [0.25, 0.3) is 0 Å². The number of nitrogens with two attached hydrogens (primary N) is 1. The van der Waals surface area contributed by atoms with Gasteiger partial charge >= 0.3 is 5.97 Å². The number of rotatable bonds is 10. The lowest BCUT2D eigenvalue weighted by molar-refractivity contribution is 0.0697. The van der Waals surface area contributed by atoms with Crippen molar-refractivity contribution in [2.24, 2.45) is 11.1 Å². The Morgan fingerprint density at radius 1 is 1.10 bits per heavy atom. The van der Waals surface area contributed by atoms with Crippen molar-refractivity contribution in [1.82, 2.24) is 9.47 Å². The minimum absolute atomic E-state index is 0.0157. The highest BCUT2D eigenvalue weighted by molar-refractivity contribution is 7.89. The van der Waals surface area contributed by atoms with Gasteiger partial charge < -0.3 is 19.3 Å². The summed E-state index contributed by atoms with van der Waals surface area (Å²) in [5.41, 5.74) is 4.91. The number of aromatic carboxylic acids is 1. The van der Waals surface area contributed by atoms with E-state index in [2.05, 4.69) is 28.6 Å². The van der Waals surface area contributed by atoms with Gasteiger partial charge in [0, 0.05) is 28.9 Å². The van der Waals surface area contributed by atoms with Gasteiger partial charge in [-0.05, 0) is 88.0 Å². The minimum Gasteiger partial charge on any atom is -0.493 e. The molecule has 2 aliphatic rings. The molecule has 1 saturated carbocycles. The second kappa shape index (κ2) is 12.3. The summed E-state index contributed by atoms with van der Waals surface area (Å²) in [4.78, 5) is 14.2. The zero-order valence-electron chi connectivity index (χ0n) is 23.3. The van der Waals surface area contributed by atoms with Crippen LogP contribution in [-0.2, 0) is 16.6 Å². The van der Waals surface area contributed by atoms with Crippen molar-refractivity contribution in [1.29, 1.82) is 0 Å². The van der Waals surface area contributed by atoms with Crippen LogP contribution in [0.4, 0.5) is 0 Å². The Bertz CT molecular complexity index is 1460. The Hall–Kier alpha value is -2.88. The fourth-order valence-electron chi connectivity index (χ4n) is 6.47. The maximum Gasteiger partial charge on any atom is 0.335 e. The number of hydrogen-bond acceptors (Lipinski definition) is 5. The Balaban J connectivity index is 1.48. The van der Waals surface area contributed by atoms with Gasteiger partial charge in [0.05, 0.1) is 23.6 Å². The van der Waals surface area contributed by atoms with E-state index in [4.69, 9.17) is 9.88 Å². The van der Waals surface area contributed by atoms with Gasteiger partial charge in [0.1, 0.15) is 5.75 Å². The maximum absolute atomic E-state index is 12.0. The molecule has 3 N–H and O–H groups in total. The first-order valence-corrected chi connectivity index (χ1v) is 16.2. The van der Waals surface area contributed by atoms with E-state index in [1.807, 2.05) is 24.3 Å². The van der Waals surface area contributed by atoms with Crippen LogP contribution in [0.5, 0.6) is 5.75 Å². The van der Waals surface area contributed by atoms with Crippen molar-refractivity contribution in [3.8, 4) is 17.0 Å². The molecule has 40 heavy (non-hydrogen) atoms. The zero-order chi connectivity index (χ0) is 28.3. The third kappa shape index (κ3) is 6.53. The molecule has 1 fully saturated rings. The number of carboxylic acids is 1. The van der Waals surface area contributed by atoms with Gasteiger partial charge in [-0.25, -0.2) is 18.4 Å². The number of para-hydroxylation sites is 1. The number of benzene rings is 2. The number of unbranched alkanes of at least 4 members (excludes halogenated alkanes) is 1. The van der Waals surface area contributed by atoms with E-state index < -0.39 is 16.0 Å². The van der Waals surface area contributed by atoms with Gasteiger partial charge in [-0.2, -0.15) is 0 Å². The summed E-state index contributed by atoms with van der Waals surface area (Å²) < 4.78 is 31.3. The third-order valence-electron chi connectivity index (χ3n) is 8.56. The third-order valence-corrected chi connectivity index (χ3v) is 9.42. The van der Waals surface area contributed by atoms with Crippen molar-refractivity contribution < 1.29 is 23.1 Å².